The summed E-state index contributed by atoms with van der Waals surface area (Å²) in [5, 5.41) is 31.9. The zero-order valence-corrected chi connectivity index (χ0v) is 10.00. The lowest BCUT2D eigenvalue weighted by atomic mass is 9.77. The number of hydrogen-bond donors (Lipinski definition) is 3. The molecule has 1 aromatic rings. The standard InChI is InChI=1S/C11H13N3O5/c15-6-11(2-1-3-11)13-9-4-7(10(16)17)8(5-12-9)14(18)19/h4-5,15H,1-3,6H2,(H,12,13)(H,16,17). The van der Waals surface area contributed by atoms with Gasteiger partial charge in [-0.15, -0.1) is 0 Å². The number of carboxylic acids is 1. The number of rotatable bonds is 5. The van der Waals surface area contributed by atoms with Gasteiger partial charge in [-0.25, -0.2) is 9.78 Å². The van der Waals surface area contributed by atoms with Crippen LogP contribution in [0.1, 0.15) is 29.6 Å². The Labute approximate surface area is 108 Å². The number of nitrogens with one attached hydrogen (secondary N) is 1. The maximum absolute atomic E-state index is 11.0. The van der Waals surface area contributed by atoms with Crippen LogP contribution in [0.4, 0.5) is 11.5 Å². The first-order valence-electron chi connectivity index (χ1n) is 5.74. The highest BCUT2D eigenvalue weighted by molar-refractivity contribution is 5.93. The fraction of sp³-hybridized carbons (Fsp3) is 0.455. The summed E-state index contributed by atoms with van der Waals surface area (Å²) in [6.07, 6.45) is 3.39. The van der Waals surface area contributed by atoms with Crippen molar-refractivity contribution in [1.29, 1.82) is 0 Å². The van der Waals surface area contributed by atoms with Crippen LogP contribution in [0, 0.1) is 10.1 Å². The minimum atomic E-state index is -1.39. The first kappa shape index (κ1) is 13.2. The maximum Gasteiger partial charge on any atom is 0.342 e. The lowest BCUT2D eigenvalue weighted by Gasteiger charge is -2.41. The third-order valence-electron chi connectivity index (χ3n) is 3.32. The number of nitro groups is 1. The van der Waals surface area contributed by atoms with Crippen molar-refractivity contribution in [3.8, 4) is 0 Å². The molecule has 0 aliphatic heterocycles. The third kappa shape index (κ3) is 2.48. The molecule has 0 saturated heterocycles. The molecule has 0 atom stereocenters. The van der Waals surface area contributed by atoms with Gasteiger partial charge in [0.15, 0.2) is 0 Å². The molecular weight excluding hydrogens is 254 g/mol. The number of pyridine rings is 1. The average molecular weight is 267 g/mol. The van der Waals surface area contributed by atoms with Gasteiger partial charge in [0, 0.05) is 6.07 Å². The van der Waals surface area contributed by atoms with Gasteiger partial charge in [0.05, 0.1) is 17.1 Å². The lowest BCUT2D eigenvalue weighted by Crippen LogP contribution is -2.48. The summed E-state index contributed by atoms with van der Waals surface area (Å²) in [6.45, 7) is -0.0892. The highest BCUT2D eigenvalue weighted by Crippen LogP contribution is 2.35. The second kappa shape index (κ2) is 4.81. The van der Waals surface area contributed by atoms with Crippen LogP contribution < -0.4 is 5.32 Å². The summed E-state index contributed by atoms with van der Waals surface area (Å²) < 4.78 is 0. The number of carbonyl (C=O) groups is 1. The van der Waals surface area contributed by atoms with Crippen molar-refractivity contribution in [2.45, 2.75) is 24.8 Å². The number of aromatic nitrogens is 1. The van der Waals surface area contributed by atoms with E-state index < -0.39 is 27.7 Å². The van der Waals surface area contributed by atoms with Gasteiger partial charge < -0.3 is 15.5 Å². The van der Waals surface area contributed by atoms with Crippen LogP contribution in [-0.2, 0) is 0 Å². The van der Waals surface area contributed by atoms with E-state index in [1.54, 1.807) is 0 Å². The molecule has 102 valence electrons. The van der Waals surface area contributed by atoms with Crippen LogP contribution in [0.3, 0.4) is 0 Å². The van der Waals surface area contributed by atoms with Gasteiger partial charge in [-0.05, 0) is 19.3 Å². The van der Waals surface area contributed by atoms with E-state index in [1.807, 2.05) is 0 Å². The van der Waals surface area contributed by atoms with E-state index in [0.717, 1.165) is 31.5 Å². The van der Waals surface area contributed by atoms with Crippen molar-refractivity contribution >= 4 is 17.5 Å². The van der Waals surface area contributed by atoms with Crippen LogP contribution in [0.2, 0.25) is 0 Å². The first-order chi connectivity index (χ1) is 8.97. The fourth-order valence-electron chi connectivity index (χ4n) is 2.03. The number of hydrogen-bond acceptors (Lipinski definition) is 6. The van der Waals surface area contributed by atoms with E-state index in [-0.39, 0.29) is 12.4 Å². The Morgan fingerprint density at radius 1 is 1.58 bits per heavy atom. The van der Waals surface area contributed by atoms with Crippen molar-refractivity contribution in [2.75, 3.05) is 11.9 Å². The third-order valence-corrected chi connectivity index (χ3v) is 3.32. The molecule has 1 aliphatic carbocycles. The lowest BCUT2D eigenvalue weighted by molar-refractivity contribution is -0.385. The Hall–Kier alpha value is -2.22. The number of nitrogens with zero attached hydrogens (tertiary/aromatic N) is 2. The van der Waals surface area contributed by atoms with E-state index in [2.05, 4.69) is 10.3 Å². The van der Waals surface area contributed by atoms with Crippen molar-refractivity contribution in [1.82, 2.24) is 4.98 Å². The zero-order valence-electron chi connectivity index (χ0n) is 10.00. The van der Waals surface area contributed by atoms with Crippen LogP contribution in [0.25, 0.3) is 0 Å². The number of aliphatic hydroxyl groups excluding tert-OH is 1. The van der Waals surface area contributed by atoms with Gasteiger partial charge in [-0.2, -0.15) is 0 Å². The molecular formula is C11H13N3O5. The van der Waals surface area contributed by atoms with E-state index in [9.17, 15) is 20.0 Å². The van der Waals surface area contributed by atoms with Gasteiger partial charge in [-0.1, -0.05) is 0 Å². The summed E-state index contributed by atoms with van der Waals surface area (Å²) in [5.41, 5.74) is -1.46. The topological polar surface area (TPSA) is 126 Å². The fourth-order valence-corrected chi connectivity index (χ4v) is 2.03. The van der Waals surface area contributed by atoms with Crippen LogP contribution in [0.5, 0.6) is 0 Å². The highest BCUT2D eigenvalue weighted by Gasteiger charge is 2.37. The number of anilines is 1. The Kier molecular flexibility index (Phi) is 3.34. The summed E-state index contributed by atoms with van der Waals surface area (Å²) in [6, 6.07) is 1.12. The molecule has 1 aromatic heterocycles. The zero-order chi connectivity index (χ0) is 14.0. The molecule has 8 heteroatoms. The van der Waals surface area contributed by atoms with Crippen molar-refractivity contribution in [3.63, 3.8) is 0 Å². The Morgan fingerprint density at radius 2 is 2.26 bits per heavy atom. The number of aromatic carboxylic acids is 1. The first-order valence-corrected chi connectivity index (χ1v) is 5.74. The van der Waals surface area contributed by atoms with Crippen LogP contribution in [0.15, 0.2) is 12.3 Å². The minimum Gasteiger partial charge on any atom is -0.477 e. The summed E-state index contributed by atoms with van der Waals surface area (Å²) >= 11 is 0. The van der Waals surface area contributed by atoms with Crippen molar-refractivity contribution < 1.29 is 19.9 Å². The molecule has 19 heavy (non-hydrogen) atoms. The smallest absolute Gasteiger partial charge is 0.342 e. The van der Waals surface area contributed by atoms with Crippen LogP contribution in [-0.4, -0.2) is 38.2 Å². The summed E-state index contributed by atoms with van der Waals surface area (Å²) in [4.78, 5) is 24.7. The van der Waals surface area contributed by atoms with E-state index in [4.69, 9.17) is 5.11 Å². The molecule has 1 fully saturated rings. The minimum absolute atomic E-state index is 0.0892. The molecule has 0 radical (unpaired) electrons. The maximum atomic E-state index is 11.0. The molecule has 0 amide bonds. The van der Waals surface area contributed by atoms with Crippen LogP contribution >= 0.6 is 0 Å². The summed E-state index contributed by atoms with van der Waals surface area (Å²) in [5.74, 6) is -1.17. The SMILES string of the molecule is O=C(O)c1cc(NC2(CO)CCC2)ncc1[N+](=O)[O-]. The van der Waals surface area contributed by atoms with E-state index in [1.165, 1.54) is 0 Å². The monoisotopic (exact) mass is 267 g/mol. The molecule has 1 aliphatic rings. The molecule has 2 rings (SSSR count). The second-order valence-electron chi connectivity index (χ2n) is 4.57. The quantitative estimate of drug-likeness (QED) is 0.537. The molecule has 1 heterocycles. The molecule has 0 unspecified atom stereocenters. The summed E-state index contributed by atoms with van der Waals surface area (Å²) in [7, 11) is 0. The second-order valence-corrected chi connectivity index (χ2v) is 4.57. The van der Waals surface area contributed by atoms with Gasteiger partial charge >= 0.3 is 11.7 Å². The predicted octanol–water partition coefficient (Wildman–Crippen LogP) is 1.01. The molecule has 0 aromatic carbocycles. The van der Waals surface area contributed by atoms with Gasteiger partial charge in [-0.3, -0.25) is 10.1 Å². The largest absolute Gasteiger partial charge is 0.477 e. The molecule has 0 bridgehead atoms. The predicted molar refractivity (Wildman–Crippen MR) is 65.1 cm³/mol. The molecule has 8 nitrogen and oxygen atoms in total. The van der Waals surface area contributed by atoms with E-state index in [0.29, 0.717) is 0 Å². The van der Waals surface area contributed by atoms with Crippen molar-refractivity contribution in [3.05, 3.63) is 27.9 Å². The average Bonchev–Trinajstić information content (AvgIpc) is 2.33. The van der Waals surface area contributed by atoms with Gasteiger partial charge in [0.25, 0.3) is 0 Å². The highest BCUT2D eigenvalue weighted by atomic mass is 16.6. The van der Waals surface area contributed by atoms with Crippen molar-refractivity contribution in [2.24, 2.45) is 0 Å². The Bertz CT molecular complexity index is 522. The normalized spacial score (nSPS) is 16.5. The van der Waals surface area contributed by atoms with Gasteiger partial charge in [0.2, 0.25) is 0 Å². The molecule has 0 spiro atoms. The Balaban J connectivity index is 2.30. The number of aliphatic hydroxyl groups is 1. The Morgan fingerprint density at radius 3 is 2.68 bits per heavy atom. The van der Waals surface area contributed by atoms with E-state index >= 15 is 0 Å². The molecule has 3 N–H and O–H groups in total. The molecule has 1 saturated carbocycles. The number of carboxylic acid groups (broad SMARTS) is 1. The van der Waals surface area contributed by atoms with Gasteiger partial charge in [0.1, 0.15) is 17.6 Å².